The number of amides is 1. The summed E-state index contributed by atoms with van der Waals surface area (Å²) in [5.74, 6) is 0.841. The van der Waals surface area contributed by atoms with E-state index in [0.717, 1.165) is 17.7 Å². The summed E-state index contributed by atoms with van der Waals surface area (Å²) in [6.45, 7) is 1.76. The molecule has 0 aliphatic rings. The van der Waals surface area contributed by atoms with Crippen molar-refractivity contribution in [3.63, 3.8) is 0 Å². The summed E-state index contributed by atoms with van der Waals surface area (Å²) in [5.41, 5.74) is 4.45. The first-order chi connectivity index (χ1) is 13.7. The number of carbonyl (C=O) groups is 1. The Morgan fingerprint density at radius 3 is 2.25 bits per heavy atom. The minimum Gasteiger partial charge on any atom is -0.334 e. The lowest BCUT2D eigenvalue weighted by Gasteiger charge is -2.07. The monoisotopic (exact) mass is 370 g/mol. The molecule has 6 nitrogen and oxygen atoms in total. The summed E-state index contributed by atoms with van der Waals surface area (Å²) in [6.07, 6.45) is 4.40. The van der Waals surface area contributed by atoms with Crippen molar-refractivity contribution in [2.24, 2.45) is 0 Å². The molecule has 0 saturated heterocycles. The van der Waals surface area contributed by atoms with Crippen LogP contribution in [-0.4, -0.2) is 21.0 Å². The molecule has 138 valence electrons. The van der Waals surface area contributed by atoms with Gasteiger partial charge in [0.1, 0.15) is 0 Å². The van der Waals surface area contributed by atoms with Crippen molar-refractivity contribution in [3.8, 4) is 11.5 Å². The molecule has 2 aromatic carbocycles. The predicted molar refractivity (Wildman–Crippen MR) is 106 cm³/mol. The molecule has 0 spiro atoms. The fourth-order valence-corrected chi connectivity index (χ4v) is 2.82. The highest BCUT2D eigenvalue weighted by Crippen LogP contribution is 2.19. The fraction of sp³-hybridized carbons (Fsp3) is 0.0909. The Balaban J connectivity index is 1.40. The summed E-state index contributed by atoms with van der Waals surface area (Å²) in [7, 11) is 0. The lowest BCUT2D eigenvalue weighted by atomic mass is 10.1. The normalized spacial score (nSPS) is 10.6. The van der Waals surface area contributed by atoms with Crippen molar-refractivity contribution in [3.05, 3.63) is 95.6 Å². The third kappa shape index (κ3) is 4.12. The Morgan fingerprint density at radius 2 is 1.61 bits per heavy atom. The van der Waals surface area contributed by atoms with Crippen LogP contribution in [0.1, 0.15) is 27.3 Å². The maximum absolute atomic E-state index is 12.5. The van der Waals surface area contributed by atoms with Gasteiger partial charge in [0.05, 0.1) is 0 Å². The van der Waals surface area contributed by atoms with Crippen LogP contribution in [0.2, 0.25) is 0 Å². The average molecular weight is 370 g/mol. The summed E-state index contributed by atoms with van der Waals surface area (Å²) in [5, 5.41) is 6.68. The van der Waals surface area contributed by atoms with Crippen LogP contribution in [0.4, 0.5) is 5.69 Å². The molecule has 1 N–H and O–H groups in total. The number of pyridine rings is 1. The number of rotatable bonds is 5. The molecule has 0 bridgehead atoms. The molecular weight excluding hydrogens is 352 g/mol. The van der Waals surface area contributed by atoms with Gasteiger partial charge in [-0.2, -0.15) is 4.98 Å². The van der Waals surface area contributed by atoms with E-state index in [4.69, 9.17) is 4.52 Å². The minimum atomic E-state index is -0.171. The van der Waals surface area contributed by atoms with Crippen molar-refractivity contribution >= 4 is 11.6 Å². The maximum Gasteiger partial charge on any atom is 0.257 e. The van der Waals surface area contributed by atoms with Gasteiger partial charge in [0.2, 0.25) is 0 Å². The van der Waals surface area contributed by atoms with Gasteiger partial charge in [-0.25, -0.2) is 0 Å². The molecule has 4 aromatic rings. The number of nitrogens with one attached hydrogen (secondary N) is 1. The molecule has 0 fully saturated rings. The second-order valence-corrected chi connectivity index (χ2v) is 6.41. The highest BCUT2D eigenvalue weighted by atomic mass is 16.5. The molecular formula is C22H18N4O2. The van der Waals surface area contributed by atoms with Gasteiger partial charge in [-0.3, -0.25) is 9.78 Å². The van der Waals surface area contributed by atoms with Crippen molar-refractivity contribution in [2.45, 2.75) is 13.3 Å². The van der Waals surface area contributed by atoms with Gasteiger partial charge in [-0.15, -0.1) is 0 Å². The number of hydrogen-bond donors (Lipinski definition) is 1. The Morgan fingerprint density at radius 1 is 0.929 bits per heavy atom. The van der Waals surface area contributed by atoms with Crippen LogP contribution in [0.3, 0.4) is 0 Å². The number of hydrogen-bond acceptors (Lipinski definition) is 5. The van der Waals surface area contributed by atoms with E-state index in [1.165, 1.54) is 11.1 Å². The zero-order chi connectivity index (χ0) is 19.3. The fourth-order valence-electron chi connectivity index (χ4n) is 2.82. The molecule has 0 saturated carbocycles. The minimum absolute atomic E-state index is 0.171. The van der Waals surface area contributed by atoms with Gasteiger partial charge in [-0.05, 0) is 73.0 Å². The third-order valence-corrected chi connectivity index (χ3v) is 4.29. The lowest BCUT2D eigenvalue weighted by Crippen LogP contribution is -2.11. The number of nitrogens with zero attached hydrogens (tertiary/aromatic N) is 3. The van der Waals surface area contributed by atoms with E-state index in [1.54, 1.807) is 43.6 Å². The molecule has 0 aliphatic carbocycles. The van der Waals surface area contributed by atoms with Gasteiger partial charge >= 0.3 is 0 Å². The quantitative estimate of drug-likeness (QED) is 0.567. The molecule has 2 heterocycles. The van der Waals surface area contributed by atoms with Crippen LogP contribution < -0.4 is 5.32 Å². The van der Waals surface area contributed by atoms with Crippen molar-refractivity contribution in [1.82, 2.24) is 15.1 Å². The Kier molecular flexibility index (Phi) is 4.93. The number of carbonyl (C=O) groups excluding carboxylic acids is 1. The van der Waals surface area contributed by atoms with Crippen LogP contribution in [0.15, 0.2) is 77.6 Å². The Labute approximate surface area is 162 Å². The molecule has 1 amide bonds. The molecule has 4 rings (SSSR count). The SMILES string of the molecule is Cc1noc(-c2ccc(C(=O)Nc3ccc(Cc4ccncc4)cc3)cc2)n1. The summed E-state index contributed by atoms with van der Waals surface area (Å²) < 4.78 is 5.13. The van der Waals surface area contributed by atoms with Crippen molar-refractivity contribution in [1.29, 1.82) is 0 Å². The van der Waals surface area contributed by atoms with Crippen LogP contribution in [0.5, 0.6) is 0 Å². The first kappa shape index (κ1) is 17.6. The van der Waals surface area contributed by atoms with Crippen LogP contribution in [0, 0.1) is 6.92 Å². The number of aryl methyl sites for hydroxylation is 1. The van der Waals surface area contributed by atoms with E-state index in [0.29, 0.717) is 17.3 Å². The van der Waals surface area contributed by atoms with Gasteiger partial charge in [0.15, 0.2) is 5.82 Å². The predicted octanol–water partition coefficient (Wildman–Crippen LogP) is 4.28. The number of anilines is 1. The molecule has 28 heavy (non-hydrogen) atoms. The summed E-state index contributed by atoms with van der Waals surface area (Å²) >= 11 is 0. The average Bonchev–Trinajstić information content (AvgIpc) is 3.17. The highest BCUT2D eigenvalue weighted by molar-refractivity contribution is 6.04. The third-order valence-electron chi connectivity index (χ3n) is 4.29. The molecule has 2 aromatic heterocycles. The Hall–Kier alpha value is -3.80. The van der Waals surface area contributed by atoms with E-state index in [2.05, 4.69) is 20.4 Å². The summed E-state index contributed by atoms with van der Waals surface area (Å²) in [6, 6.07) is 18.9. The van der Waals surface area contributed by atoms with Gasteiger partial charge in [0, 0.05) is 29.2 Å². The van der Waals surface area contributed by atoms with Gasteiger partial charge in [0.25, 0.3) is 11.8 Å². The van der Waals surface area contributed by atoms with Gasteiger partial charge in [-0.1, -0.05) is 17.3 Å². The van der Waals surface area contributed by atoms with E-state index < -0.39 is 0 Å². The van der Waals surface area contributed by atoms with E-state index in [1.807, 2.05) is 36.4 Å². The second kappa shape index (κ2) is 7.84. The van der Waals surface area contributed by atoms with Crippen molar-refractivity contribution in [2.75, 3.05) is 5.32 Å². The van der Waals surface area contributed by atoms with E-state index in [9.17, 15) is 4.79 Å². The van der Waals surface area contributed by atoms with Crippen molar-refractivity contribution < 1.29 is 9.32 Å². The van der Waals surface area contributed by atoms with Gasteiger partial charge < -0.3 is 9.84 Å². The lowest BCUT2D eigenvalue weighted by molar-refractivity contribution is 0.102. The highest BCUT2D eigenvalue weighted by Gasteiger charge is 2.10. The topological polar surface area (TPSA) is 80.9 Å². The molecule has 0 unspecified atom stereocenters. The largest absolute Gasteiger partial charge is 0.334 e. The van der Waals surface area contributed by atoms with Crippen LogP contribution in [-0.2, 0) is 6.42 Å². The standard InChI is InChI=1S/C22H18N4O2/c1-15-24-22(28-26-15)19-6-4-18(5-7-19)21(27)25-20-8-2-16(3-9-20)14-17-10-12-23-13-11-17/h2-13H,14H2,1H3,(H,25,27). The second-order valence-electron chi connectivity index (χ2n) is 6.41. The molecule has 0 radical (unpaired) electrons. The van der Waals surface area contributed by atoms with E-state index >= 15 is 0 Å². The smallest absolute Gasteiger partial charge is 0.257 e. The Bertz CT molecular complexity index is 1070. The van der Waals surface area contributed by atoms with Crippen LogP contribution >= 0.6 is 0 Å². The first-order valence-electron chi connectivity index (χ1n) is 8.87. The number of aromatic nitrogens is 3. The number of benzene rings is 2. The summed E-state index contributed by atoms with van der Waals surface area (Å²) in [4.78, 5) is 20.7. The zero-order valence-electron chi connectivity index (χ0n) is 15.3. The molecule has 0 aliphatic heterocycles. The molecule has 6 heteroatoms. The van der Waals surface area contributed by atoms with E-state index in [-0.39, 0.29) is 5.91 Å². The first-order valence-corrected chi connectivity index (χ1v) is 8.87. The van der Waals surface area contributed by atoms with Crippen LogP contribution in [0.25, 0.3) is 11.5 Å². The maximum atomic E-state index is 12.5. The molecule has 0 atom stereocenters. The zero-order valence-corrected chi connectivity index (χ0v) is 15.3.